The SMILES string of the molecule is CC(C)(C)[C@@H](CO)n1cc(C(=O)NCCN2CCOCC2)c(=O)c2cc(Cc3cccc(Cl)c3F)c(NCCN3CCOCC3)nc21. The van der Waals surface area contributed by atoms with Crippen LogP contribution in [0.4, 0.5) is 10.2 Å². The first-order chi connectivity index (χ1) is 22.6. The lowest BCUT2D eigenvalue weighted by Crippen LogP contribution is -2.42. The molecule has 0 saturated carbocycles. The summed E-state index contributed by atoms with van der Waals surface area (Å²) in [5.74, 6) is -0.543. The monoisotopic (exact) mass is 672 g/mol. The third-order valence-corrected chi connectivity index (χ3v) is 9.18. The maximum Gasteiger partial charge on any atom is 0.256 e. The van der Waals surface area contributed by atoms with Gasteiger partial charge >= 0.3 is 0 Å². The molecule has 2 aliphatic rings. The molecule has 2 aromatic heterocycles. The summed E-state index contributed by atoms with van der Waals surface area (Å²) in [6, 6.07) is 6.02. The van der Waals surface area contributed by atoms with Gasteiger partial charge in [0.1, 0.15) is 22.8 Å². The van der Waals surface area contributed by atoms with Gasteiger partial charge < -0.3 is 29.8 Å². The second kappa shape index (κ2) is 15.8. The number of hydrogen-bond donors (Lipinski definition) is 3. The molecule has 0 radical (unpaired) electrons. The molecule has 2 aliphatic heterocycles. The first-order valence-electron chi connectivity index (χ1n) is 16.3. The number of benzene rings is 1. The zero-order valence-corrected chi connectivity index (χ0v) is 28.2. The molecule has 1 amide bonds. The fraction of sp³-hybridized carbons (Fsp3) is 0.559. The molecule has 47 heavy (non-hydrogen) atoms. The number of carbonyl (C=O) groups excluding carboxylic acids is 1. The lowest BCUT2D eigenvalue weighted by molar-refractivity contribution is 0.0383. The molecule has 3 aromatic rings. The van der Waals surface area contributed by atoms with Crippen molar-refractivity contribution in [3.63, 3.8) is 0 Å². The fourth-order valence-corrected chi connectivity index (χ4v) is 6.27. The molecule has 0 spiro atoms. The minimum atomic E-state index is -0.535. The summed E-state index contributed by atoms with van der Waals surface area (Å²) in [6.45, 7) is 13.9. The van der Waals surface area contributed by atoms with Crippen LogP contribution in [0.2, 0.25) is 5.02 Å². The van der Waals surface area contributed by atoms with Gasteiger partial charge in [-0.15, -0.1) is 0 Å². The third kappa shape index (κ3) is 8.67. The van der Waals surface area contributed by atoms with E-state index in [0.717, 1.165) is 32.7 Å². The van der Waals surface area contributed by atoms with Crippen molar-refractivity contribution in [2.75, 3.05) is 90.7 Å². The first-order valence-corrected chi connectivity index (χ1v) is 16.7. The highest BCUT2D eigenvalue weighted by atomic mass is 35.5. The van der Waals surface area contributed by atoms with E-state index < -0.39 is 28.6 Å². The topological polar surface area (TPSA) is 121 Å². The Labute approximate surface area is 280 Å². The normalized spacial score (nSPS) is 17.1. The number of nitrogens with one attached hydrogen (secondary N) is 2. The number of halogens is 2. The minimum Gasteiger partial charge on any atom is -0.394 e. The Bertz CT molecular complexity index is 1600. The van der Waals surface area contributed by atoms with Gasteiger partial charge in [-0.25, -0.2) is 9.37 Å². The summed E-state index contributed by atoms with van der Waals surface area (Å²) < 4.78 is 27.7. The van der Waals surface area contributed by atoms with Crippen LogP contribution in [0, 0.1) is 11.2 Å². The smallest absolute Gasteiger partial charge is 0.256 e. The largest absolute Gasteiger partial charge is 0.394 e. The van der Waals surface area contributed by atoms with Crippen molar-refractivity contribution in [3.05, 3.63) is 68.2 Å². The van der Waals surface area contributed by atoms with Gasteiger partial charge in [0.15, 0.2) is 0 Å². The molecule has 256 valence electrons. The van der Waals surface area contributed by atoms with Crippen LogP contribution >= 0.6 is 11.6 Å². The van der Waals surface area contributed by atoms with E-state index in [9.17, 15) is 14.7 Å². The van der Waals surface area contributed by atoms with Crippen LogP contribution in [-0.2, 0) is 15.9 Å². The Kier molecular flexibility index (Phi) is 11.9. The molecular weight excluding hydrogens is 627 g/mol. The van der Waals surface area contributed by atoms with Crippen LogP contribution < -0.4 is 16.1 Å². The number of aliphatic hydroxyl groups is 1. The van der Waals surface area contributed by atoms with Crippen molar-refractivity contribution in [1.82, 2.24) is 24.7 Å². The van der Waals surface area contributed by atoms with Crippen molar-refractivity contribution in [3.8, 4) is 0 Å². The van der Waals surface area contributed by atoms with Crippen molar-refractivity contribution in [2.45, 2.75) is 33.2 Å². The van der Waals surface area contributed by atoms with Crippen LogP contribution in [-0.4, -0.2) is 116 Å². The first kappa shape index (κ1) is 35.2. The maximum absolute atomic E-state index is 15.1. The Hall–Kier alpha value is -3.13. The number of pyridine rings is 2. The number of hydrogen-bond acceptors (Lipinski definition) is 9. The third-order valence-electron chi connectivity index (χ3n) is 8.89. The zero-order valence-electron chi connectivity index (χ0n) is 27.5. The molecule has 1 atom stereocenters. The van der Waals surface area contributed by atoms with E-state index in [1.165, 1.54) is 12.3 Å². The number of rotatable bonds is 12. The number of aromatic nitrogens is 2. The summed E-state index contributed by atoms with van der Waals surface area (Å²) >= 11 is 6.12. The van der Waals surface area contributed by atoms with Gasteiger partial charge in [0.2, 0.25) is 5.43 Å². The van der Waals surface area contributed by atoms with Crippen LogP contribution in [0.1, 0.15) is 48.3 Å². The van der Waals surface area contributed by atoms with Crippen molar-refractivity contribution in [1.29, 1.82) is 0 Å². The summed E-state index contributed by atoms with van der Waals surface area (Å²) in [6.07, 6.45) is 1.63. The zero-order chi connectivity index (χ0) is 33.6. The maximum atomic E-state index is 15.1. The number of amides is 1. The van der Waals surface area contributed by atoms with Gasteiger partial charge in [0.25, 0.3) is 5.91 Å². The van der Waals surface area contributed by atoms with E-state index in [0.29, 0.717) is 68.7 Å². The van der Waals surface area contributed by atoms with Gasteiger partial charge in [-0.2, -0.15) is 0 Å². The number of carbonyl (C=O) groups is 1. The van der Waals surface area contributed by atoms with Gasteiger partial charge in [-0.1, -0.05) is 44.5 Å². The van der Waals surface area contributed by atoms with E-state index in [1.807, 2.05) is 20.8 Å². The number of fused-ring (bicyclic) bond motifs is 1. The highest BCUT2D eigenvalue weighted by Crippen LogP contribution is 2.33. The Morgan fingerprint density at radius 2 is 1.68 bits per heavy atom. The van der Waals surface area contributed by atoms with Crippen molar-refractivity contribution < 1.29 is 23.8 Å². The van der Waals surface area contributed by atoms with E-state index >= 15 is 4.39 Å². The van der Waals surface area contributed by atoms with Crippen LogP contribution in [0.5, 0.6) is 0 Å². The number of morpholine rings is 2. The Balaban J connectivity index is 1.56. The predicted octanol–water partition coefficient (Wildman–Crippen LogP) is 3.17. The molecule has 5 rings (SSSR count). The molecule has 2 fully saturated rings. The summed E-state index contributed by atoms with van der Waals surface area (Å²) in [5.41, 5.74) is 0.302. The summed E-state index contributed by atoms with van der Waals surface area (Å²) in [5, 5.41) is 17.1. The van der Waals surface area contributed by atoms with Gasteiger partial charge in [-0.05, 0) is 28.7 Å². The number of ether oxygens (including phenoxy) is 2. The molecule has 1 aromatic carbocycles. The molecule has 11 nitrogen and oxygen atoms in total. The Morgan fingerprint density at radius 3 is 2.30 bits per heavy atom. The predicted molar refractivity (Wildman–Crippen MR) is 181 cm³/mol. The molecule has 3 N–H and O–H groups in total. The van der Waals surface area contributed by atoms with Gasteiger partial charge in [0.05, 0.1) is 49.5 Å². The van der Waals surface area contributed by atoms with Gasteiger partial charge in [-0.3, -0.25) is 19.4 Å². The average Bonchev–Trinajstić information content (AvgIpc) is 3.05. The lowest BCUT2D eigenvalue weighted by Gasteiger charge is -2.32. The number of anilines is 1. The van der Waals surface area contributed by atoms with E-state index in [-0.39, 0.29) is 29.0 Å². The summed E-state index contributed by atoms with van der Waals surface area (Å²) in [7, 11) is 0. The highest BCUT2D eigenvalue weighted by Gasteiger charge is 2.29. The van der Waals surface area contributed by atoms with Crippen molar-refractivity contribution >= 4 is 34.4 Å². The molecule has 4 heterocycles. The quantitative estimate of drug-likeness (QED) is 0.267. The van der Waals surface area contributed by atoms with Crippen LogP contribution in [0.25, 0.3) is 11.0 Å². The lowest BCUT2D eigenvalue weighted by atomic mass is 9.86. The second-order valence-corrected chi connectivity index (χ2v) is 13.6. The molecule has 0 unspecified atom stereocenters. The van der Waals surface area contributed by atoms with Crippen LogP contribution in [0.15, 0.2) is 35.3 Å². The summed E-state index contributed by atoms with van der Waals surface area (Å²) in [4.78, 5) is 37.1. The van der Waals surface area contributed by atoms with E-state index in [4.69, 9.17) is 26.1 Å². The number of aliphatic hydroxyl groups excluding tert-OH is 1. The minimum absolute atomic E-state index is 0.00688. The molecule has 0 bridgehead atoms. The molecule has 13 heteroatoms. The Morgan fingerprint density at radius 1 is 1.04 bits per heavy atom. The van der Waals surface area contributed by atoms with E-state index in [2.05, 4.69) is 20.4 Å². The van der Waals surface area contributed by atoms with Crippen molar-refractivity contribution in [2.24, 2.45) is 5.41 Å². The number of nitrogens with zero attached hydrogens (tertiary/aromatic N) is 4. The second-order valence-electron chi connectivity index (χ2n) is 13.2. The highest BCUT2D eigenvalue weighted by molar-refractivity contribution is 6.30. The standard InChI is InChI=1S/C34H46ClFN6O5/c1-34(2,3)28(22-43)42-21-26(33(45)38-8-10-41-13-17-47-18-14-41)30(44)25-20-24(19-23-5-4-6-27(35)29(23)36)31(39-32(25)42)37-7-9-40-11-15-46-16-12-40/h4-6,20-21,28,43H,7-19,22H2,1-3H3,(H,37,39)(H,38,45)/t28-/m1/s1. The molecular formula is C34H46ClFN6O5. The fourth-order valence-electron chi connectivity index (χ4n) is 6.07. The van der Waals surface area contributed by atoms with Crippen LogP contribution in [0.3, 0.4) is 0 Å². The van der Waals surface area contributed by atoms with E-state index in [1.54, 1.807) is 22.8 Å². The van der Waals surface area contributed by atoms with Gasteiger partial charge in [0, 0.05) is 65.0 Å². The average molecular weight is 673 g/mol. The molecule has 2 saturated heterocycles. The molecule has 0 aliphatic carbocycles.